The third-order valence-corrected chi connectivity index (χ3v) is 2.96. The van der Waals surface area contributed by atoms with E-state index in [0.717, 1.165) is 0 Å². The molecule has 1 atom stereocenters. The van der Waals surface area contributed by atoms with E-state index in [1.54, 1.807) is 18.3 Å². The maximum atomic E-state index is 12.0. The summed E-state index contributed by atoms with van der Waals surface area (Å²) in [5.41, 5.74) is 5.85. The van der Waals surface area contributed by atoms with Crippen LogP contribution in [-0.4, -0.2) is 24.0 Å². The SMILES string of the molecule is CC(CN)CNC(=O)c1cc(Oc2ccccc2)ccn1. The largest absolute Gasteiger partial charge is 0.457 e. The predicted octanol–water partition coefficient (Wildman–Crippen LogP) is 2.20. The van der Waals surface area contributed by atoms with Crippen LogP contribution in [0.4, 0.5) is 0 Å². The Hall–Kier alpha value is -2.40. The van der Waals surface area contributed by atoms with Gasteiger partial charge in [0.15, 0.2) is 0 Å². The van der Waals surface area contributed by atoms with Crippen LogP contribution in [0.2, 0.25) is 0 Å². The van der Waals surface area contributed by atoms with Crippen molar-refractivity contribution in [2.75, 3.05) is 13.1 Å². The molecular weight excluding hydrogens is 266 g/mol. The van der Waals surface area contributed by atoms with Gasteiger partial charge in [0.25, 0.3) is 5.91 Å². The average Bonchev–Trinajstić information content (AvgIpc) is 2.53. The van der Waals surface area contributed by atoms with Crippen LogP contribution in [0.15, 0.2) is 48.7 Å². The number of aromatic nitrogens is 1. The zero-order valence-corrected chi connectivity index (χ0v) is 12.0. The van der Waals surface area contributed by atoms with Crippen LogP contribution in [0.5, 0.6) is 11.5 Å². The van der Waals surface area contributed by atoms with E-state index < -0.39 is 0 Å². The third-order valence-electron chi connectivity index (χ3n) is 2.96. The molecule has 0 aliphatic heterocycles. The standard InChI is InChI=1S/C16H19N3O2/c1-12(10-17)11-19-16(20)15-9-14(7-8-18-15)21-13-5-3-2-4-6-13/h2-9,12H,10-11,17H2,1H3,(H,19,20). The molecule has 0 spiro atoms. The number of nitrogens with one attached hydrogen (secondary N) is 1. The van der Waals surface area contributed by atoms with Gasteiger partial charge in [-0.25, -0.2) is 0 Å². The molecule has 1 unspecified atom stereocenters. The second-order valence-electron chi connectivity index (χ2n) is 4.84. The van der Waals surface area contributed by atoms with Crippen LogP contribution in [0, 0.1) is 5.92 Å². The highest BCUT2D eigenvalue weighted by atomic mass is 16.5. The van der Waals surface area contributed by atoms with Gasteiger partial charge in [-0.2, -0.15) is 0 Å². The van der Waals surface area contributed by atoms with Gasteiger partial charge >= 0.3 is 0 Å². The molecule has 0 aliphatic rings. The summed E-state index contributed by atoms with van der Waals surface area (Å²) in [6, 6.07) is 12.7. The van der Waals surface area contributed by atoms with Crippen molar-refractivity contribution < 1.29 is 9.53 Å². The highest BCUT2D eigenvalue weighted by Crippen LogP contribution is 2.20. The Labute approximate surface area is 124 Å². The number of pyridine rings is 1. The predicted molar refractivity (Wildman–Crippen MR) is 81.3 cm³/mol. The molecule has 2 aromatic rings. The molecule has 5 heteroatoms. The van der Waals surface area contributed by atoms with Crippen LogP contribution in [-0.2, 0) is 0 Å². The monoisotopic (exact) mass is 285 g/mol. The van der Waals surface area contributed by atoms with Crippen molar-refractivity contribution in [3.63, 3.8) is 0 Å². The van der Waals surface area contributed by atoms with Crippen LogP contribution < -0.4 is 15.8 Å². The van der Waals surface area contributed by atoms with E-state index in [4.69, 9.17) is 10.5 Å². The minimum absolute atomic E-state index is 0.228. The molecule has 2 rings (SSSR count). The first-order valence-corrected chi connectivity index (χ1v) is 6.86. The number of hydrogen-bond acceptors (Lipinski definition) is 4. The van der Waals surface area contributed by atoms with Crippen molar-refractivity contribution in [3.05, 3.63) is 54.4 Å². The molecular formula is C16H19N3O2. The first kappa shape index (κ1) is 15.0. The molecule has 1 aromatic heterocycles. The number of nitrogens with two attached hydrogens (primary N) is 1. The average molecular weight is 285 g/mol. The summed E-state index contributed by atoms with van der Waals surface area (Å²) in [5, 5.41) is 2.80. The van der Waals surface area contributed by atoms with Crippen molar-refractivity contribution >= 4 is 5.91 Å². The summed E-state index contributed by atoms with van der Waals surface area (Å²) in [6.45, 7) is 3.04. The van der Waals surface area contributed by atoms with Crippen LogP contribution >= 0.6 is 0 Å². The van der Waals surface area contributed by atoms with Crippen molar-refractivity contribution in [2.45, 2.75) is 6.92 Å². The van der Waals surface area contributed by atoms with E-state index in [-0.39, 0.29) is 11.8 Å². The van der Waals surface area contributed by atoms with Gasteiger partial charge in [-0.1, -0.05) is 25.1 Å². The minimum atomic E-state index is -0.228. The topological polar surface area (TPSA) is 77.2 Å². The number of benzene rings is 1. The van der Waals surface area contributed by atoms with Gasteiger partial charge in [0.2, 0.25) is 0 Å². The second kappa shape index (κ2) is 7.40. The fourth-order valence-electron chi connectivity index (χ4n) is 1.66. The number of nitrogens with zero attached hydrogens (tertiary/aromatic N) is 1. The number of hydrogen-bond donors (Lipinski definition) is 2. The van der Waals surface area contributed by atoms with Crippen LogP contribution in [0.1, 0.15) is 17.4 Å². The van der Waals surface area contributed by atoms with E-state index in [9.17, 15) is 4.79 Å². The van der Waals surface area contributed by atoms with E-state index in [1.807, 2.05) is 37.3 Å². The van der Waals surface area contributed by atoms with Gasteiger partial charge in [0.1, 0.15) is 17.2 Å². The van der Waals surface area contributed by atoms with Gasteiger partial charge in [0.05, 0.1) is 0 Å². The lowest BCUT2D eigenvalue weighted by molar-refractivity contribution is 0.0943. The highest BCUT2D eigenvalue weighted by molar-refractivity contribution is 5.92. The summed E-state index contributed by atoms with van der Waals surface area (Å²) in [7, 11) is 0. The molecule has 0 saturated carbocycles. The molecule has 1 amide bonds. The van der Waals surface area contributed by atoms with Crippen molar-refractivity contribution in [2.24, 2.45) is 11.7 Å². The summed E-state index contributed by atoms with van der Waals surface area (Å²) >= 11 is 0. The summed E-state index contributed by atoms with van der Waals surface area (Å²) in [5.74, 6) is 1.30. The Morgan fingerprint density at radius 2 is 2.05 bits per heavy atom. The lowest BCUT2D eigenvalue weighted by atomic mass is 10.2. The zero-order valence-electron chi connectivity index (χ0n) is 12.0. The van der Waals surface area contributed by atoms with Crippen molar-refractivity contribution in [1.82, 2.24) is 10.3 Å². The van der Waals surface area contributed by atoms with Gasteiger partial charge < -0.3 is 15.8 Å². The number of ether oxygens (including phenoxy) is 1. The first-order chi connectivity index (χ1) is 10.2. The number of carbonyl (C=O) groups is 1. The van der Waals surface area contributed by atoms with Crippen molar-refractivity contribution in [1.29, 1.82) is 0 Å². The van der Waals surface area contributed by atoms with E-state index >= 15 is 0 Å². The molecule has 0 bridgehead atoms. The minimum Gasteiger partial charge on any atom is -0.457 e. The number of para-hydroxylation sites is 1. The molecule has 0 fully saturated rings. The van der Waals surface area contributed by atoms with E-state index in [0.29, 0.717) is 30.3 Å². The van der Waals surface area contributed by atoms with Gasteiger partial charge in [-0.05, 0) is 30.7 Å². The Morgan fingerprint density at radius 1 is 1.29 bits per heavy atom. The maximum Gasteiger partial charge on any atom is 0.270 e. The zero-order chi connectivity index (χ0) is 15.1. The lowest BCUT2D eigenvalue weighted by Crippen LogP contribution is -2.31. The van der Waals surface area contributed by atoms with Gasteiger partial charge in [0, 0.05) is 18.8 Å². The van der Waals surface area contributed by atoms with Crippen LogP contribution in [0.25, 0.3) is 0 Å². The van der Waals surface area contributed by atoms with Crippen LogP contribution in [0.3, 0.4) is 0 Å². The normalized spacial score (nSPS) is 11.7. The molecule has 1 aromatic carbocycles. The van der Waals surface area contributed by atoms with Crippen molar-refractivity contribution in [3.8, 4) is 11.5 Å². The Morgan fingerprint density at radius 3 is 2.76 bits per heavy atom. The Bertz CT molecular complexity index is 587. The molecule has 21 heavy (non-hydrogen) atoms. The molecule has 3 N–H and O–H groups in total. The number of amides is 1. The summed E-state index contributed by atoms with van der Waals surface area (Å²) < 4.78 is 5.68. The van der Waals surface area contributed by atoms with Gasteiger partial charge in [-0.3, -0.25) is 9.78 Å². The molecule has 0 radical (unpaired) electrons. The number of rotatable bonds is 6. The third kappa shape index (κ3) is 4.57. The highest BCUT2D eigenvalue weighted by Gasteiger charge is 2.10. The molecule has 5 nitrogen and oxygen atoms in total. The summed E-state index contributed by atoms with van der Waals surface area (Å²) in [4.78, 5) is 16.1. The molecule has 110 valence electrons. The molecule has 0 saturated heterocycles. The quantitative estimate of drug-likeness (QED) is 0.853. The fraction of sp³-hybridized carbons (Fsp3) is 0.250. The number of carbonyl (C=O) groups excluding carboxylic acids is 1. The maximum absolute atomic E-state index is 12.0. The van der Waals surface area contributed by atoms with Gasteiger partial charge in [-0.15, -0.1) is 0 Å². The summed E-state index contributed by atoms with van der Waals surface area (Å²) in [6.07, 6.45) is 1.56. The van der Waals surface area contributed by atoms with E-state index in [1.165, 1.54) is 0 Å². The Balaban J connectivity index is 2.02. The first-order valence-electron chi connectivity index (χ1n) is 6.86. The smallest absolute Gasteiger partial charge is 0.270 e. The van der Waals surface area contributed by atoms with E-state index in [2.05, 4.69) is 10.3 Å². The molecule has 1 heterocycles. The fourth-order valence-corrected chi connectivity index (χ4v) is 1.66. The second-order valence-corrected chi connectivity index (χ2v) is 4.84. The molecule has 0 aliphatic carbocycles. The lowest BCUT2D eigenvalue weighted by Gasteiger charge is -2.10. The Kier molecular flexibility index (Phi) is 5.29.